The van der Waals surface area contributed by atoms with Crippen LogP contribution in [0.3, 0.4) is 0 Å². The van der Waals surface area contributed by atoms with Gasteiger partial charge in [-0.15, -0.1) is 0 Å². The van der Waals surface area contributed by atoms with Crippen LogP contribution in [0.4, 0.5) is 5.69 Å². The molecular weight excluding hydrogens is 246 g/mol. The average Bonchev–Trinajstić information content (AvgIpc) is 2.39. The Balaban J connectivity index is 2.08. The second-order valence-corrected chi connectivity index (χ2v) is 4.32. The molecule has 0 spiro atoms. The number of anilines is 1. The number of rotatable bonds is 4. The molecule has 5 heteroatoms. The minimum Gasteiger partial charge on any atom is -0.482 e. The van der Waals surface area contributed by atoms with Gasteiger partial charge in [0.15, 0.2) is 6.61 Å². The van der Waals surface area contributed by atoms with Gasteiger partial charge in [-0.2, -0.15) is 0 Å². The van der Waals surface area contributed by atoms with Crippen molar-refractivity contribution in [2.24, 2.45) is 0 Å². The third kappa shape index (κ3) is 3.13. The molecule has 1 aliphatic rings. The van der Waals surface area contributed by atoms with Gasteiger partial charge in [0, 0.05) is 13.1 Å². The first-order valence-electron chi connectivity index (χ1n) is 5.99. The summed E-state index contributed by atoms with van der Waals surface area (Å²) in [6, 6.07) is 5.67. The topological polar surface area (TPSA) is 66.8 Å². The van der Waals surface area contributed by atoms with Gasteiger partial charge >= 0.3 is 5.97 Å². The Morgan fingerprint density at radius 1 is 1.53 bits per heavy atom. The molecule has 1 aromatic carbocycles. The van der Waals surface area contributed by atoms with Crippen LogP contribution in [0.2, 0.25) is 0 Å². The number of carboxylic acid groups (broad SMARTS) is 1. The highest BCUT2D eigenvalue weighted by molar-refractivity contribution is 5.97. The molecule has 0 radical (unpaired) electrons. The van der Waals surface area contributed by atoms with Crippen LogP contribution in [0.1, 0.15) is 12.0 Å². The van der Waals surface area contributed by atoms with E-state index in [1.54, 1.807) is 18.0 Å². The van der Waals surface area contributed by atoms with E-state index in [0.29, 0.717) is 12.2 Å². The van der Waals surface area contributed by atoms with Gasteiger partial charge in [-0.3, -0.25) is 4.79 Å². The first kappa shape index (κ1) is 13.1. The fourth-order valence-corrected chi connectivity index (χ4v) is 1.91. The van der Waals surface area contributed by atoms with Crippen LogP contribution < -0.4 is 9.64 Å². The summed E-state index contributed by atoms with van der Waals surface area (Å²) < 4.78 is 5.34. The molecule has 19 heavy (non-hydrogen) atoms. The fourth-order valence-electron chi connectivity index (χ4n) is 1.91. The maximum atomic E-state index is 11.5. The number of aryl methyl sites for hydroxylation is 1. The molecule has 0 atom stereocenters. The number of carbonyl (C=O) groups excluding carboxylic acids is 1. The number of hydrogen-bond donors (Lipinski definition) is 1. The number of carbonyl (C=O) groups is 2. The Labute approximate surface area is 111 Å². The van der Waals surface area contributed by atoms with Gasteiger partial charge in [0.2, 0.25) is 0 Å². The zero-order chi connectivity index (χ0) is 13.8. The number of benzene rings is 1. The molecule has 0 saturated carbocycles. The third-order valence-corrected chi connectivity index (χ3v) is 2.97. The number of ether oxygens (including phenoxy) is 1. The summed E-state index contributed by atoms with van der Waals surface area (Å²) in [5, 5.41) is 8.49. The van der Waals surface area contributed by atoms with Crippen molar-refractivity contribution in [2.45, 2.75) is 12.8 Å². The molecule has 0 fully saturated rings. The van der Waals surface area contributed by atoms with E-state index in [2.05, 4.69) is 0 Å². The molecule has 1 amide bonds. The predicted octanol–water partition coefficient (Wildman–Crippen LogP) is 1.62. The van der Waals surface area contributed by atoms with Crippen LogP contribution >= 0.6 is 0 Å². The van der Waals surface area contributed by atoms with Crippen molar-refractivity contribution in [2.75, 3.05) is 18.6 Å². The van der Waals surface area contributed by atoms with Crippen molar-refractivity contribution >= 4 is 17.6 Å². The lowest BCUT2D eigenvalue weighted by Crippen LogP contribution is -2.35. The van der Waals surface area contributed by atoms with Gasteiger partial charge in [0.25, 0.3) is 5.91 Å². The fraction of sp³-hybridized carbons (Fsp3) is 0.286. The lowest BCUT2D eigenvalue weighted by atomic mass is 10.1. The van der Waals surface area contributed by atoms with Gasteiger partial charge in [-0.05, 0) is 30.5 Å². The van der Waals surface area contributed by atoms with Crippen LogP contribution in [0.25, 0.3) is 0 Å². The molecule has 0 bridgehead atoms. The molecule has 2 rings (SSSR count). The number of likely N-dealkylation sites (N-methyl/N-ethyl adjacent to an activating group) is 1. The minimum absolute atomic E-state index is 0.0736. The molecule has 1 aromatic rings. The highest BCUT2D eigenvalue weighted by Crippen LogP contribution is 2.32. The maximum Gasteiger partial charge on any atom is 0.327 e. The third-order valence-electron chi connectivity index (χ3n) is 2.97. The molecule has 0 aromatic heterocycles. The van der Waals surface area contributed by atoms with E-state index in [9.17, 15) is 9.59 Å². The molecule has 5 nitrogen and oxygen atoms in total. The Kier molecular flexibility index (Phi) is 3.85. The number of hydrogen-bond acceptors (Lipinski definition) is 3. The largest absolute Gasteiger partial charge is 0.482 e. The van der Waals surface area contributed by atoms with Crippen molar-refractivity contribution in [3.63, 3.8) is 0 Å². The van der Waals surface area contributed by atoms with E-state index in [1.165, 1.54) is 0 Å². The predicted molar refractivity (Wildman–Crippen MR) is 70.4 cm³/mol. The molecule has 0 saturated heterocycles. The summed E-state index contributed by atoms with van der Waals surface area (Å²) in [4.78, 5) is 23.4. The van der Waals surface area contributed by atoms with Crippen LogP contribution in [-0.4, -0.2) is 30.6 Å². The summed E-state index contributed by atoms with van der Waals surface area (Å²) in [6.45, 7) is 0.0736. The number of aliphatic carboxylic acids is 1. The number of fused-ring (bicyclic) bond motifs is 1. The molecule has 1 heterocycles. The normalized spacial score (nSPS) is 14.4. The van der Waals surface area contributed by atoms with E-state index in [1.807, 2.05) is 18.2 Å². The van der Waals surface area contributed by atoms with Gasteiger partial charge < -0.3 is 14.7 Å². The zero-order valence-corrected chi connectivity index (χ0v) is 10.6. The van der Waals surface area contributed by atoms with E-state index in [-0.39, 0.29) is 12.5 Å². The number of allylic oxidation sites excluding steroid dienone is 1. The number of nitrogens with zero attached hydrogens (tertiary/aromatic N) is 1. The van der Waals surface area contributed by atoms with E-state index < -0.39 is 5.97 Å². The van der Waals surface area contributed by atoms with E-state index in [4.69, 9.17) is 9.84 Å². The summed E-state index contributed by atoms with van der Waals surface area (Å²) in [6.07, 6.45) is 4.12. The van der Waals surface area contributed by atoms with Crippen LogP contribution in [0.15, 0.2) is 30.4 Å². The Morgan fingerprint density at radius 2 is 2.32 bits per heavy atom. The average molecular weight is 261 g/mol. The van der Waals surface area contributed by atoms with Crippen LogP contribution in [-0.2, 0) is 16.0 Å². The second-order valence-electron chi connectivity index (χ2n) is 4.32. The van der Waals surface area contributed by atoms with Crippen molar-refractivity contribution in [3.8, 4) is 5.75 Å². The van der Waals surface area contributed by atoms with Gasteiger partial charge in [-0.1, -0.05) is 12.1 Å². The van der Waals surface area contributed by atoms with Gasteiger partial charge in [0.05, 0.1) is 5.69 Å². The number of carboxylic acids is 1. The smallest absolute Gasteiger partial charge is 0.327 e. The Morgan fingerprint density at radius 3 is 3.05 bits per heavy atom. The SMILES string of the molecule is CN1C(=O)COc2ccc(CC/C=C/C(=O)O)cc21. The summed E-state index contributed by atoms with van der Waals surface area (Å²) >= 11 is 0. The summed E-state index contributed by atoms with van der Waals surface area (Å²) in [5.41, 5.74) is 1.80. The standard InChI is InChI=1S/C14H15NO4/c1-15-11-8-10(4-2-3-5-14(17)18)6-7-12(11)19-9-13(15)16/h3,5-8H,2,4,9H2,1H3,(H,17,18)/b5-3+. The first-order chi connectivity index (χ1) is 9.08. The summed E-state index contributed by atoms with van der Waals surface area (Å²) in [5.74, 6) is -0.313. The van der Waals surface area contributed by atoms with E-state index in [0.717, 1.165) is 23.7 Å². The summed E-state index contributed by atoms with van der Waals surface area (Å²) in [7, 11) is 1.72. The molecule has 0 aliphatic carbocycles. The first-order valence-corrected chi connectivity index (χ1v) is 5.99. The van der Waals surface area contributed by atoms with Gasteiger partial charge in [0.1, 0.15) is 5.75 Å². The Bertz CT molecular complexity index is 536. The van der Waals surface area contributed by atoms with Crippen molar-refractivity contribution < 1.29 is 19.4 Å². The molecule has 1 aliphatic heterocycles. The molecule has 100 valence electrons. The van der Waals surface area contributed by atoms with Crippen molar-refractivity contribution in [3.05, 3.63) is 35.9 Å². The quantitative estimate of drug-likeness (QED) is 0.836. The van der Waals surface area contributed by atoms with Crippen molar-refractivity contribution in [1.29, 1.82) is 0 Å². The maximum absolute atomic E-state index is 11.5. The van der Waals surface area contributed by atoms with Crippen LogP contribution in [0.5, 0.6) is 5.75 Å². The monoisotopic (exact) mass is 261 g/mol. The lowest BCUT2D eigenvalue weighted by Gasteiger charge is -2.26. The molecular formula is C14H15NO4. The van der Waals surface area contributed by atoms with Gasteiger partial charge in [-0.25, -0.2) is 4.79 Å². The Hall–Kier alpha value is -2.30. The molecule has 1 N–H and O–H groups in total. The lowest BCUT2D eigenvalue weighted by molar-refractivity contribution is -0.131. The molecule has 0 unspecified atom stereocenters. The number of amides is 1. The minimum atomic E-state index is -0.941. The van der Waals surface area contributed by atoms with Crippen LogP contribution in [0, 0.1) is 0 Å². The van der Waals surface area contributed by atoms with Crippen molar-refractivity contribution in [1.82, 2.24) is 0 Å². The highest BCUT2D eigenvalue weighted by atomic mass is 16.5. The van der Waals surface area contributed by atoms with E-state index >= 15 is 0 Å². The highest BCUT2D eigenvalue weighted by Gasteiger charge is 2.21. The second kappa shape index (κ2) is 5.56. The zero-order valence-electron chi connectivity index (χ0n) is 10.6.